The SMILES string of the molecule is Cc1ccncc1CN[C@@H](CO)Cc1ccccc1. The van der Waals surface area contributed by atoms with Crippen molar-refractivity contribution in [1.82, 2.24) is 10.3 Å². The zero-order chi connectivity index (χ0) is 13.5. The first-order valence-electron chi connectivity index (χ1n) is 6.57. The van der Waals surface area contributed by atoms with E-state index < -0.39 is 0 Å². The Kier molecular flexibility index (Phi) is 5.07. The molecule has 2 N–H and O–H groups in total. The van der Waals surface area contributed by atoms with Crippen LogP contribution in [0.3, 0.4) is 0 Å². The van der Waals surface area contributed by atoms with E-state index in [9.17, 15) is 5.11 Å². The molecule has 1 atom stereocenters. The Morgan fingerprint density at radius 1 is 1.21 bits per heavy atom. The molecule has 0 saturated carbocycles. The van der Waals surface area contributed by atoms with E-state index in [2.05, 4.69) is 29.4 Å². The number of pyridine rings is 1. The predicted molar refractivity (Wildman–Crippen MR) is 76.8 cm³/mol. The monoisotopic (exact) mass is 256 g/mol. The summed E-state index contributed by atoms with van der Waals surface area (Å²) in [6.07, 6.45) is 4.50. The van der Waals surface area contributed by atoms with Gasteiger partial charge in [-0.3, -0.25) is 4.98 Å². The van der Waals surface area contributed by atoms with Gasteiger partial charge < -0.3 is 10.4 Å². The number of hydrogen-bond donors (Lipinski definition) is 2. The number of nitrogens with zero attached hydrogens (tertiary/aromatic N) is 1. The van der Waals surface area contributed by atoms with Crippen molar-refractivity contribution in [3.8, 4) is 0 Å². The molecule has 1 aromatic heterocycles. The third-order valence-electron chi connectivity index (χ3n) is 3.27. The molecule has 0 aliphatic rings. The molecular weight excluding hydrogens is 236 g/mol. The molecule has 1 heterocycles. The third kappa shape index (κ3) is 4.16. The van der Waals surface area contributed by atoms with Gasteiger partial charge in [-0.25, -0.2) is 0 Å². The summed E-state index contributed by atoms with van der Waals surface area (Å²) in [6.45, 7) is 2.94. The Morgan fingerprint density at radius 2 is 2.00 bits per heavy atom. The molecule has 0 fully saturated rings. The van der Waals surface area contributed by atoms with Gasteiger partial charge in [0, 0.05) is 25.0 Å². The van der Waals surface area contributed by atoms with Crippen LogP contribution in [0.1, 0.15) is 16.7 Å². The fraction of sp³-hybridized carbons (Fsp3) is 0.312. The van der Waals surface area contributed by atoms with Gasteiger partial charge in [-0.05, 0) is 36.1 Å². The number of hydrogen-bond acceptors (Lipinski definition) is 3. The standard InChI is InChI=1S/C16H20N2O/c1-13-7-8-17-10-15(13)11-18-16(12-19)9-14-5-3-2-4-6-14/h2-8,10,16,18-19H,9,11-12H2,1H3/t16-/m1/s1. The molecule has 0 spiro atoms. The second-order valence-electron chi connectivity index (χ2n) is 4.75. The Labute approximate surface area is 114 Å². The predicted octanol–water partition coefficient (Wildman–Crippen LogP) is 2.08. The van der Waals surface area contributed by atoms with Crippen LogP contribution in [0.15, 0.2) is 48.8 Å². The summed E-state index contributed by atoms with van der Waals surface area (Å²) in [5.74, 6) is 0. The third-order valence-corrected chi connectivity index (χ3v) is 3.27. The minimum absolute atomic E-state index is 0.0713. The summed E-state index contributed by atoms with van der Waals surface area (Å²) < 4.78 is 0. The maximum Gasteiger partial charge on any atom is 0.0587 e. The lowest BCUT2D eigenvalue weighted by Gasteiger charge is -2.17. The number of aromatic nitrogens is 1. The van der Waals surface area contributed by atoms with Gasteiger partial charge in [-0.2, -0.15) is 0 Å². The van der Waals surface area contributed by atoms with E-state index in [-0.39, 0.29) is 12.6 Å². The second-order valence-corrected chi connectivity index (χ2v) is 4.75. The summed E-state index contributed by atoms with van der Waals surface area (Å²) in [7, 11) is 0. The van der Waals surface area contributed by atoms with E-state index in [4.69, 9.17) is 0 Å². The average Bonchev–Trinajstić information content (AvgIpc) is 2.46. The van der Waals surface area contributed by atoms with Crippen LogP contribution < -0.4 is 5.32 Å². The van der Waals surface area contributed by atoms with Crippen molar-refractivity contribution >= 4 is 0 Å². The Balaban J connectivity index is 1.91. The number of nitrogens with one attached hydrogen (secondary N) is 1. The van der Waals surface area contributed by atoms with Crippen LogP contribution in [-0.4, -0.2) is 22.7 Å². The normalized spacial score (nSPS) is 12.3. The number of aliphatic hydroxyl groups excluding tert-OH is 1. The van der Waals surface area contributed by atoms with Gasteiger partial charge in [-0.1, -0.05) is 30.3 Å². The highest BCUT2D eigenvalue weighted by Gasteiger charge is 2.08. The van der Waals surface area contributed by atoms with Crippen LogP contribution in [0.4, 0.5) is 0 Å². The lowest BCUT2D eigenvalue weighted by Crippen LogP contribution is -2.34. The molecule has 100 valence electrons. The fourth-order valence-electron chi connectivity index (χ4n) is 2.04. The van der Waals surface area contributed by atoms with Gasteiger partial charge in [0.25, 0.3) is 0 Å². The van der Waals surface area contributed by atoms with Crippen molar-refractivity contribution in [2.75, 3.05) is 6.61 Å². The van der Waals surface area contributed by atoms with Crippen molar-refractivity contribution < 1.29 is 5.11 Å². The molecule has 0 saturated heterocycles. The highest BCUT2D eigenvalue weighted by molar-refractivity contribution is 5.21. The fourth-order valence-corrected chi connectivity index (χ4v) is 2.04. The smallest absolute Gasteiger partial charge is 0.0587 e. The molecule has 0 unspecified atom stereocenters. The highest BCUT2D eigenvalue weighted by atomic mass is 16.3. The summed E-state index contributed by atoms with van der Waals surface area (Å²) in [4.78, 5) is 4.13. The van der Waals surface area contributed by atoms with Crippen LogP contribution in [0.5, 0.6) is 0 Å². The van der Waals surface area contributed by atoms with E-state index in [0.717, 1.165) is 13.0 Å². The van der Waals surface area contributed by atoms with Crippen LogP contribution >= 0.6 is 0 Å². The van der Waals surface area contributed by atoms with Crippen molar-refractivity contribution in [3.05, 3.63) is 65.5 Å². The van der Waals surface area contributed by atoms with Crippen molar-refractivity contribution in [2.45, 2.75) is 25.9 Å². The first kappa shape index (κ1) is 13.7. The summed E-state index contributed by atoms with van der Waals surface area (Å²) in [6, 6.07) is 12.3. The van der Waals surface area contributed by atoms with Gasteiger partial charge in [0.2, 0.25) is 0 Å². The number of aliphatic hydroxyl groups is 1. The summed E-state index contributed by atoms with van der Waals surface area (Å²) >= 11 is 0. The van der Waals surface area contributed by atoms with Crippen LogP contribution in [0.25, 0.3) is 0 Å². The Bertz CT molecular complexity index is 499. The molecule has 2 aromatic rings. The molecule has 2 rings (SSSR count). The van der Waals surface area contributed by atoms with Crippen LogP contribution in [0.2, 0.25) is 0 Å². The first-order valence-corrected chi connectivity index (χ1v) is 6.57. The van der Waals surface area contributed by atoms with E-state index in [0.29, 0.717) is 0 Å². The molecule has 3 heteroatoms. The summed E-state index contributed by atoms with van der Waals surface area (Å²) in [5.41, 5.74) is 3.63. The molecular formula is C16H20N2O. The quantitative estimate of drug-likeness (QED) is 0.832. The molecule has 0 aliphatic heterocycles. The van der Waals surface area contributed by atoms with E-state index >= 15 is 0 Å². The molecule has 3 nitrogen and oxygen atoms in total. The van der Waals surface area contributed by atoms with Crippen molar-refractivity contribution in [3.63, 3.8) is 0 Å². The van der Waals surface area contributed by atoms with Crippen molar-refractivity contribution in [1.29, 1.82) is 0 Å². The highest BCUT2D eigenvalue weighted by Crippen LogP contribution is 2.07. The van der Waals surface area contributed by atoms with Crippen LogP contribution in [-0.2, 0) is 13.0 Å². The Hall–Kier alpha value is -1.71. The molecule has 0 radical (unpaired) electrons. The Morgan fingerprint density at radius 3 is 2.68 bits per heavy atom. The molecule has 1 aromatic carbocycles. The minimum atomic E-state index is 0.0713. The maximum atomic E-state index is 9.46. The summed E-state index contributed by atoms with van der Waals surface area (Å²) in [5, 5.41) is 12.8. The number of benzene rings is 1. The largest absolute Gasteiger partial charge is 0.395 e. The zero-order valence-corrected chi connectivity index (χ0v) is 11.2. The average molecular weight is 256 g/mol. The zero-order valence-electron chi connectivity index (χ0n) is 11.2. The number of rotatable bonds is 6. The van der Waals surface area contributed by atoms with Crippen molar-refractivity contribution in [2.24, 2.45) is 0 Å². The van der Waals surface area contributed by atoms with Gasteiger partial charge in [0.05, 0.1) is 6.61 Å². The lowest BCUT2D eigenvalue weighted by atomic mass is 10.1. The molecule has 0 amide bonds. The van der Waals surface area contributed by atoms with E-state index in [1.54, 1.807) is 6.20 Å². The maximum absolute atomic E-state index is 9.46. The first-order chi connectivity index (χ1) is 9.29. The van der Waals surface area contributed by atoms with Gasteiger partial charge in [0.15, 0.2) is 0 Å². The minimum Gasteiger partial charge on any atom is -0.395 e. The van der Waals surface area contributed by atoms with E-state index in [1.807, 2.05) is 30.5 Å². The lowest BCUT2D eigenvalue weighted by molar-refractivity contribution is 0.240. The van der Waals surface area contributed by atoms with E-state index in [1.165, 1.54) is 16.7 Å². The second kappa shape index (κ2) is 7.02. The molecule has 0 bridgehead atoms. The van der Waals surface area contributed by atoms with Gasteiger partial charge in [0.1, 0.15) is 0 Å². The molecule has 0 aliphatic carbocycles. The number of aryl methyl sites for hydroxylation is 1. The van der Waals surface area contributed by atoms with Gasteiger partial charge >= 0.3 is 0 Å². The van der Waals surface area contributed by atoms with Crippen LogP contribution in [0, 0.1) is 6.92 Å². The molecule has 19 heavy (non-hydrogen) atoms. The topological polar surface area (TPSA) is 45.2 Å². The van der Waals surface area contributed by atoms with Gasteiger partial charge in [-0.15, -0.1) is 0 Å².